The Morgan fingerprint density at radius 2 is 2.32 bits per heavy atom. The van der Waals surface area contributed by atoms with Crippen LogP contribution in [-0.2, 0) is 4.74 Å². The van der Waals surface area contributed by atoms with E-state index >= 15 is 0 Å². The summed E-state index contributed by atoms with van der Waals surface area (Å²) < 4.78 is 5.26. The van der Waals surface area contributed by atoms with Crippen molar-refractivity contribution >= 4 is 22.3 Å². The first-order valence-corrected chi connectivity index (χ1v) is 6.92. The zero-order valence-corrected chi connectivity index (χ0v) is 11.7. The van der Waals surface area contributed by atoms with E-state index in [2.05, 4.69) is 4.98 Å². The predicted octanol–water partition coefficient (Wildman–Crippen LogP) is 3.21. The first-order chi connectivity index (χ1) is 9.09. The second-order valence-electron chi connectivity index (χ2n) is 4.62. The Morgan fingerprint density at radius 3 is 2.95 bits per heavy atom. The molecule has 0 atom stereocenters. The molecule has 4 nitrogen and oxygen atoms in total. The summed E-state index contributed by atoms with van der Waals surface area (Å²) in [7, 11) is 0. The third-order valence-corrected chi connectivity index (χ3v) is 3.36. The quantitative estimate of drug-likeness (QED) is 0.871. The Labute approximate surface area is 116 Å². The number of nitrogens with zero attached hydrogens (tertiary/aromatic N) is 1. The molecule has 2 aromatic rings. The molecule has 0 radical (unpaired) electrons. The summed E-state index contributed by atoms with van der Waals surface area (Å²) in [5, 5.41) is 2.34. The smallest absolute Gasteiger partial charge is 0.341 e. The maximum Gasteiger partial charge on any atom is 0.341 e. The van der Waals surface area contributed by atoms with E-state index < -0.39 is 0 Å². The van der Waals surface area contributed by atoms with Gasteiger partial charge in [-0.05, 0) is 12.0 Å². The van der Waals surface area contributed by atoms with Gasteiger partial charge in [-0.1, -0.05) is 19.9 Å². The first kappa shape index (κ1) is 13.5. The Hall–Kier alpha value is -1.88. The molecule has 0 saturated heterocycles. The maximum absolute atomic E-state index is 12.1. The van der Waals surface area contributed by atoms with Gasteiger partial charge in [-0.3, -0.25) is 4.98 Å². The number of rotatable bonds is 4. The van der Waals surface area contributed by atoms with E-state index in [9.17, 15) is 4.79 Å². The Bertz CT molecular complexity index is 564. The summed E-state index contributed by atoms with van der Waals surface area (Å²) in [6.45, 7) is 4.37. The van der Waals surface area contributed by atoms with Crippen molar-refractivity contribution in [1.29, 1.82) is 0 Å². The van der Waals surface area contributed by atoms with Crippen LogP contribution in [-0.4, -0.2) is 17.6 Å². The first-order valence-electron chi connectivity index (χ1n) is 6.04. The van der Waals surface area contributed by atoms with E-state index in [4.69, 9.17) is 10.5 Å². The molecule has 0 aliphatic carbocycles. The summed E-state index contributed by atoms with van der Waals surface area (Å²) in [5.41, 5.74) is 7.98. The number of aromatic nitrogens is 1. The van der Waals surface area contributed by atoms with Crippen molar-refractivity contribution in [2.45, 2.75) is 13.8 Å². The van der Waals surface area contributed by atoms with Gasteiger partial charge in [0.05, 0.1) is 6.61 Å². The number of hydrogen-bond acceptors (Lipinski definition) is 5. The van der Waals surface area contributed by atoms with Crippen molar-refractivity contribution in [2.24, 2.45) is 5.92 Å². The number of nitrogen functional groups attached to an aromatic ring is 1. The summed E-state index contributed by atoms with van der Waals surface area (Å²) in [6, 6.07) is 3.72. The van der Waals surface area contributed by atoms with Crippen molar-refractivity contribution in [1.82, 2.24) is 4.98 Å². The van der Waals surface area contributed by atoms with Crippen molar-refractivity contribution in [3.05, 3.63) is 35.5 Å². The van der Waals surface area contributed by atoms with Crippen molar-refractivity contribution in [2.75, 3.05) is 12.3 Å². The largest absolute Gasteiger partial charge is 0.462 e. The molecule has 100 valence electrons. The number of carbonyl (C=O) groups excluding carboxylic acids is 1. The van der Waals surface area contributed by atoms with E-state index in [0.29, 0.717) is 23.1 Å². The Kier molecular flexibility index (Phi) is 4.16. The Morgan fingerprint density at radius 1 is 1.53 bits per heavy atom. The van der Waals surface area contributed by atoms with Crippen molar-refractivity contribution in [3.8, 4) is 11.1 Å². The highest BCUT2D eigenvalue weighted by atomic mass is 32.1. The van der Waals surface area contributed by atoms with E-state index in [1.807, 2.05) is 31.4 Å². The van der Waals surface area contributed by atoms with Gasteiger partial charge in [-0.15, -0.1) is 11.3 Å². The van der Waals surface area contributed by atoms with Crippen molar-refractivity contribution in [3.63, 3.8) is 0 Å². The van der Waals surface area contributed by atoms with Crippen molar-refractivity contribution < 1.29 is 9.53 Å². The molecule has 2 heterocycles. The lowest BCUT2D eigenvalue weighted by Gasteiger charge is -2.08. The van der Waals surface area contributed by atoms with Gasteiger partial charge in [-0.2, -0.15) is 0 Å². The fourth-order valence-electron chi connectivity index (χ4n) is 1.63. The summed E-state index contributed by atoms with van der Waals surface area (Å²) in [5.74, 6) is -0.0723. The van der Waals surface area contributed by atoms with Crippen LogP contribution in [0.4, 0.5) is 5.00 Å². The average molecular weight is 276 g/mol. The normalized spacial score (nSPS) is 10.7. The molecule has 0 unspecified atom stereocenters. The van der Waals surface area contributed by atoms with Gasteiger partial charge in [0.25, 0.3) is 0 Å². The standard InChI is InChI=1S/C14H16N2O2S/c1-9(2)7-18-14(17)12-11(8-19-13(12)15)10-4-3-5-16-6-10/h3-6,8-9H,7,15H2,1-2H3. The second-order valence-corrected chi connectivity index (χ2v) is 5.53. The molecular formula is C14H16N2O2S. The molecular weight excluding hydrogens is 260 g/mol. The molecule has 0 aliphatic heterocycles. The predicted molar refractivity (Wildman–Crippen MR) is 77.1 cm³/mol. The fourth-order valence-corrected chi connectivity index (χ4v) is 2.44. The van der Waals surface area contributed by atoms with Crippen LogP contribution in [0.2, 0.25) is 0 Å². The van der Waals surface area contributed by atoms with Crippen LogP contribution in [0.5, 0.6) is 0 Å². The number of hydrogen-bond donors (Lipinski definition) is 1. The molecule has 0 amide bonds. The number of ether oxygens (including phenoxy) is 1. The zero-order valence-electron chi connectivity index (χ0n) is 10.9. The van der Waals surface area contributed by atoms with E-state index in [0.717, 1.165) is 11.1 Å². The molecule has 0 aliphatic rings. The molecule has 0 bridgehead atoms. The number of thiophene rings is 1. The van der Waals surface area contributed by atoms with E-state index in [1.54, 1.807) is 12.4 Å². The summed E-state index contributed by atoms with van der Waals surface area (Å²) in [4.78, 5) is 16.2. The van der Waals surface area contributed by atoms with Crippen LogP contribution in [0.1, 0.15) is 24.2 Å². The topological polar surface area (TPSA) is 65.2 Å². The lowest BCUT2D eigenvalue weighted by Crippen LogP contribution is -2.11. The van der Waals surface area contributed by atoms with E-state index in [1.165, 1.54) is 11.3 Å². The van der Waals surface area contributed by atoms with Gasteiger partial charge in [-0.25, -0.2) is 4.79 Å². The third-order valence-electron chi connectivity index (χ3n) is 2.54. The monoisotopic (exact) mass is 276 g/mol. The molecule has 0 fully saturated rings. The van der Waals surface area contributed by atoms with Crippen LogP contribution in [0.15, 0.2) is 29.9 Å². The van der Waals surface area contributed by atoms with Gasteiger partial charge < -0.3 is 10.5 Å². The van der Waals surface area contributed by atoms with Crippen LogP contribution >= 0.6 is 11.3 Å². The Balaban J connectivity index is 2.30. The van der Waals surface area contributed by atoms with Gasteiger partial charge in [0.1, 0.15) is 10.6 Å². The highest BCUT2D eigenvalue weighted by Crippen LogP contribution is 2.33. The van der Waals surface area contributed by atoms with E-state index in [-0.39, 0.29) is 5.97 Å². The van der Waals surface area contributed by atoms with Crippen LogP contribution < -0.4 is 5.73 Å². The zero-order chi connectivity index (χ0) is 13.8. The number of esters is 1. The second kappa shape index (κ2) is 5.84. The van der Waals surface area contributed by atoms with Crippen LogP contribution in [0.3, 0.4) is 0 Å². The number of carbonyl (C=O) groups is 1. The molecule has 0 aromatic carbocycles. The number of anilines is 1. The molecule has 0 spiro atoms. The summed E-state index contributed by atoms with van der Waals surface area (Å²) in [6.07, 6.45) is 3.40. The fraction of sp³-hybridized carbons (Fsp3) is 0.286. The SMILES string of the molecule is CC(C)COC(=O)c1c(-c2cccnc2)csc1N. The highest BCUT2D eigenvalue weighted by Gasteiger charge is 2.20. The van der Waals surface area contributed by atoms with Gasteiger partial charge in [0.2, 0.25) is 0 Å². The number of pyridine rings is 1. The number of nitrogens with two attached hydrogens (primary N) is 1. The minimum atomic E-state index is -0.369. The maximum atomic E-state index is 12.1. The lowest BCUT2D eigenvalue weighted by molar-refractivity contribution is 0.0461. The van der Waals surface area contributed by atoms with Gasteiger partial charge in [0.15, 0.2) is 0 Å². The molecule has 5 heteroatoms. The van der Waals surface area contributed by atoms with Gasteiger partial charge in [0, 0.05) is 28.9 Å². The molecule has 0 saturated carbocycles. The minimum absolute atomic E-state index is 0.297. The molecule has 19 heavy (non-hydrogen) atoms. The third kappa shape index (κ3) is 3.12. The van der Waals surface area contributed by atoms with Crippen LogP contribution in [0.25, 0.3) is 11.1 Å². The average Bonchev–Trinajstić information content (AvgIpc) is 2.79. The van der Waals surface area contributed by atoms with Crippen LogP contribution in [0, 0.1) is 5.92 Å². The summed E-state index contributed by atoms with van der Waals surface area (Å²) >= 11 is 1.34. The molecule has 2 N–H and O–H groups in total. The lowest BCUT2D eigenvalue weighted by atomic mass is 10.1. The molecule has 2 rings (SSSR count). The minimum Gasteiger partial charge on any atom is -0.462 e. The highest BCUT2D eigenvalue weighted by molar-refractivity contribution is 7.14. The molecule has 2 aromatic heterocycles. The van der Waals surface area contributed by atoms with Gasteiger partial charge >= 0.3 is 5.97 Å².